The molecule has 10 heteroatoms. The van der Waals surface area contributed by atoms with Crippen LogP contribution in [0.3, 0.4) is 0 Å². The molecule has 0 aliphatic carbocycles. The van der Waals surface area contributed by atoms with Gasteiger partial charge in [-0.15, -0.1) is 0 Å². The lowest BCUT2D eigenvalue weighted by Crippen LogP contribution is -2.44. The van der Waals surface area contributed by atoms with Crippen LogP contribution in [0, 0.1) is 5.92 Å². The lowest BCUT2D eigenvalue weighted by Gasteiger charge is -2.22. The zero-order chi connectivity index (χ0) is 20.0. The molecule has 3 rings (SSSR count). The molecule has 0 bridgehead atoms. The molecule has 0 aromatic heterocycles. The van der Waals surface area contributed by atoms with E-state index in [0.29, 0.717) is 0 Å². The van der Waals surface area contributed by atoms with E-state index in [2.05, 4.69) is 4.72 Å². The number of benzene rings is 2. The first kappa shape index (κ1) is 19.3. The molecule has 8 nitrogen and oxygen atoms in total. The third-order valence-corrected chi connectivity index (χ3v) is 7.34. The van der Waals surface area contributed by atoms with Gasteiger partial charge in [0, 0.05) is 0 Å². The van der Waals surface area contributed by atoms with Crippen molar-refractivity contribution in [2.24, 2.45) is 5.92 Å². The van der Waals surface area contributed by atoms with Gasteiger partial charge in [0.05, 0.1) is 4.90 Å². The molecule has 0 fully saturated rings. The van der Waals surface area contributed by atoms with E-state index in [1.807, 2.05) is 0 Å². The number of sulfonamides is 1. The molecule has 1 heterocycles. The zero-order valence-corrected chi connectivity index (χ0v) is 16.0. The quantitative estimate of drug-likeness (QED) is 0.657. The first-order valence-corrected chi connectivity index (χ1v) is 10.9. The molecular formula is C17H17NO7S2. The van der Waals surface area contributed by atoms with Crippen LogP contribution in [0.5, 0.6) is 11.5 Å². The Kier molecular flexibility index (Phi) is 4.74. The molecule has 2 N–H and O–H groups in total. The summed E-state index contributed by atoms with van der Waals surface area (Å²) in [5.41, 5.74) is 0. The summed E-state index contributed by atoms with van der Waals surface area (Å²) in [5.74, 6) is -1.67. The van der Waals surface area contributed by atoms with E-state index in [9.17, 15) is 26.7 Å². The van der Waals surface area contributed by atoms with Crippen molar-refractivity contribution in [3.63, 3.8) is 0 Å². The number of hydrogen-bond acceptors (Lipinski definition) is 6. The maximum Gasteiger partial charge on any atom is 0.322 e. The molecule has 0 spiro atoms. The Morgan fingerprint density at radius 2 is 1.70 bits per heavy atom. The van der Waals surface area contributed by atoms with Gasteiger partial charge in [-0.05, 0) is 36.2 Å². The molecule has 0 amide bonds. The number of ether oxygens (including phenoxy) is 1. The van der Waals surface area contributed by atoms with Crippen LogP contribution in [-0.4, -0.2) is 34.0 Å². The van der Waals surface area contributed by atoms with Crippen molar-refractivity contribution in [3.05, 3.63) is 42.5 Å². The highest BCUT2D eigenvalue weighted by Gasteiger charge is 2.34. The van der Waals surface area contributed by atoms with Gasteiger partial charge in [0.25, 0.3) is 0 Å². The predicted molar refractivity (Wildman–Crippen MR) is 95.0 cm³/mol. The number of hydrogen-bond donors (Lipinski definition) is 2. The second-order valence-corrected chi connectivity index (χ2v) is 9.94. The Balaban J connectivity index is 2.06. The van der Waals surface area contributed by atoms with Gasteiger partial charge in [-0.2, -0.15) is 4.72 Å². The monoisotopic (exact) mass is 411 g/mol. The van der Waals surface area contributed by atoms with E-state index < -0.39 is 37.8 Å². The molecule has 144 valence electrons. The number of nitrogens with one attached hydrogen (secondary N) is 1. The maximum atomic E-state index is 12.8. The third kappa shape index (κ3) is 3.43. The number of sulfone groups is 1. The van der Waals surface area contributed by atoms with Gasteiger partial charge in [-0.1, -0.05) is 26.0 Å². The van der Waals surface area contributed by atoms with Gasteiger partial charge in [0.2, 0.25) is 19.9 Å². The lowest BCUT2D eigenvalue weighted by molar-refractivity contribution is -0.140. The highest BCUT2D eigenvalue weighted by atomic mass is 32.2. The number of fused-ring (bicyclic) bond motifs is 2. The van der Waals surface area contributed by atoms with E-state index in [1.54, 1.807) is 19.9 Å². The minimum atomic E-state index is -4.26. The Hall–Kier alpha value is -2.43. The maximum absolute atomic E-state index is 12.8. The van der Waals surface area contributed by atoms with Crippen LogP contribution >= 0.6 is 0 Å². The molecule has 27 heavy (non-hydrogen) atoms. The normalized spacial score (nSPS) is 16.1. The fraction of sp³-hybridized carbons (Fsp3) is 0.235. The summed E-state index contributed by atoms with van der Waals surface area (Å²) in [6, 6.07) is 8.07. The highest BCUT2D eigenvalue weighted by molar-refractivity contribution is 7.92. The van der Waals surface area contributed by atoms with Crippen molar-refractivity contribution in [3.8, 4) is 11.5 Å². The zero-order valence-electron chi connectivity index (χ0n) is 14.4. The van der Waals surface area contributed by atoms with E-state index in [4.69, 9.17) is 4.74 Å². The minimum Gasteiger partial charge on any atom is -0.480 e. The molecular weight excluding hydrogens is 394 g/mol. The number of aliphatic carboxylic acids is 1. The summed E-state index contributed by atoms with van der Waals surface area (Å²) in [6.07, 6.45) is 0. The van der Waals surface area contributed by atoms with Crippen molar-refractivity contribution in [1.29, 1.82) is 0 Å². The van der Waals surface area contributed by atoms with Gasteiger partial charge in [-0.3, -0.25) is 4.79 Å². The van der Waals surface area contributed by atoms with Crippen LogP contribution < -0.4 is 9.46 Å². The Labute approximate surface area is 156 Å². The van der Waals surface area contributed by atoms with Crippen LogP contribution in [-0.2, 0) is 24.7 Å². The average Bonchev–Trinajstić information content (AvgIpc) is 2.59. The number of carboxylic acid groups (broad SMARTS) is 1. The summed E-state index contributed by atoms with van der Waals surface area (Å²) in [6.45, 7) is 3.12. The Morgan fingerprint density at radius 3 is 2.33 bits per heavy atom. The molecule has 1 atom stereocenters. The van der Waals surface area contributed by atoms with Gasteiger partial charge >= 0.3 is 5.97 Å². The van der Waals surface area contributed by atoms with Crippen molar-refractivity contribution >= 4 is 25.8 Å². The molecule has 0 radical (unpaired) electrons. The predicted octanol–water partition coefficient (Wildman–Crippen LogP) is 2.01. The molecule has 1 aliphatic heterocycles. The van der Waals surface area contributed by atoms with Gasteiger partial charge in [-0.25, -0.2) is 16.8 Å². The first-order valence-electron chi connectivity index (χ1n) is 7.95. The van der Waals surface area contributed by atoms with Crippen molar-refractivity contribution in [2.45, 2.75) is 34.6 Å². The second-order valence-electron chi connectivity index (χ2n) is 6.34. The van der Waals surface area contributed by atoms with Gasteiger partial charge in [0.1, 0.15) is 27.3 Å². The number of para-hydroxylation sites is 1. The number of rotatable bonds is 5. The Morgan fingerprint density at radius 1 is 1.07 bits per heavy atom. The van der Waals surface area contributed by atoms with E-state index in [1.165, 1.54) is 30.3 Å². The summed E-state index contributed by atoms with van der Waals surface area (Å²) >= 11 is 0. The Bertz CT molecular complexity index is 1120. The van der Waals surface area contributed by atoms with E-state index in [0.717, 1.165) is 6.07 Å². The topological polar surface area (TPSA) is 127 Å². The highest BCUT2D eigenvalue weighted by Crippen LogP contribution is 2.43. The summed E-state index contributed by atoms with van der Waals surface area (Å²) < 4.78 is 58.5. The standard InChI is InChI=1S/C17H17NO7S2/c1-10(2)16(17(19)20)18-27(23,24)11-7-8-13-15(9-11)26(21,22)14-6-4-3-5-12(14)25-13/h3-10,16,18H,1-2H3,(H,19,20)/t16-/m1/s1. The second kappa shape index (κ2) is 6.63. The number of carboxylic acids is 1. The van der Waals surface area contributed by atoms with Crippen LogP contribution in [0.4, 0.5) is 0 Å². The summed E-state index contributed by atoms with van der Waals surface area (Å²) in [7, 11) is -8.24. The first-order chi connectivity index (χ1) is 12.5. The van der Waals surface area contributed by atoms with Gasteiger partial charge < -0.3 is 9.84 Å². The average molecular weight is 411 g/mol. The van der Waals surface area contributed by atoms with Crippen LogP contribution in [0.2, 0.25) is 0 Å². The molecule has 2 aromatic carbocycles. The van der Waals surface area contributed by atoms with E-state index >= 15 is 0 Å². The fourth-order valence-electron chi connectivity index (χ4n) is 2.65. The van der Waals surface area contributed by atoms with Crippen LogP contribution in [0.1, 0.15) is 13.8 Å². The van der Waals surface area contributed by atoms with Crippen molar-refractivity contribution < 1.29 is 31.5 Å². The summed E-state index contributed by atoms with van der Waals surface area (Å²) in [5, 5.41) is 9.20. The lowest BCUT2D eigenvalue weighted by atomic mass is 10.1. The van der Waals surface area contributed by atoms with Gasteiger partial charge in [0.15, 0.2) is 0 Å². The molecule has 1 aliphatic rings. The fourth-order valence-corrected chi connectivity index (χ4v) is 5.61. The SMILES string of the molecule is CC(C)[C@@H](NS(=O)(=O)c1ccc2c(c1)S(=O)(=O)c1ccccc1O2)C(=O)O. The number of carbonyl (C=O) groups is 1. The van der Waals surface area contributed by atoms with Crippen molar-refractivity contribution in [1.82, 2.24) is 4.72 Å². The third-order valence-electron chi connectivity index (χ3n) is 4.09. The molecule has 0 saturated carbocycles. The molecule has 0 saturated heterocycles. The smallest absolute Gasteiger partial charge is 0.322 e. The summed E-state index contributed by atoms with van der Waals surface area (Å²) in [4.78, 5) is 10.6. The van der Waals surface area contributed by atoms with Crippen LogP contribution in [0.15, 0.2) is 57.2 Å². The molecule has 0 unspecified atom stereocenters. The van der Waals surface area contributed by atoms with E-state index in [-0.39, 0.29) is 26.2 Å². The van der Waals surface area contributed by atoms with Crippen LogP contribution in [0.25, 0.3) is 0 Å². The molecule has 2 aromatic rings. The minimum absolute atomic E-state index is 0.00583. The van der Waals surface area contributed by atoms with Crippen molar-refractivity contribution in [2.75, 3.05) is 0 Å². The largest absolute Gasteiger partial charge is 0.480 e.